The Morgan fingerprint density at radius 3 is 1.18 bits per heavy atom. The minimum atomic E-state index is -5.11. The van der Waals surface area contributed by atoms with Crippen molar-refractivity contribution in [3.63, 3.8) is 0 Å². The molecule has 1 amide bonds. The first kappa shape index (κ1) is 65.1. The van der Waals surface area contributed by atoms with Gasteiger partial charge in [0.2, 0.25) is 5.91 Å². The summed E-state index contributed by atoms with van der Waals surface area (Å²) in [5, 5.41) is 55.7. The zero-order chi connectivity index (χ0) is 49.9. The lowest BCUT2D eigenvalue weighted by Crippen LogP contribution is -2.61. The summed E-state index contributed by atoms with van der Waals surface area (Å²) in [6, 6.07) is -1.03. The van der Waals surface area contributed by atoms with Crippen molar-refractivity contribution in [1.29, 1.82) is 0 Å². The number of unbranched alkanes of at least 4 members (excludes halogenated alkanes) is 37. The quantitative estimate of drug-likeness (QED) is 0.0224. The smallest absolute Gasteiger partial charge is 0.394 e. The molecule has 1 aliphatic heterocycles. The summed E-state index contributed by atoms with van der Waals surface area (Å²) in [4.78, 5) is 13.2. The molecule has 8 atom stereocenters. The molecule has 0 saturated carbocycles. The Morgan fingerprint density at radius 1 is 0.529 bits per heavy atom. The van der Waals surface area contributed by atoms with Crippen LogP contribution in [0.5, 0.6) is 0 Å². The molecule has 0 aromatic carbocycles. The van der Waals surface area contributed by atoms with Gasteiger partial charge in [-0.3, -0.25) is 9.35 Å². The molecule has 0 bridgehead atoms. The van der Waals surface area contributed by atoms with Crippen LogP contribution in [0.25, 0.3) is 0 Å². The Morgan fingerprint density at radius 2 is 0.853 bits per heavy atom. The molecule has 1 fully saturated rings. The van der Waals surface area contributed by atoms with Crippen molar-refractivity contribution in [2.24, 2.45) is 0 Å². The number of amides is 1. The van der Waals surface area contributed by atoms with Crippen LogP contribution in [0.15, 0.2) is 0 Å². The maximum absolute atomic E-state index is 13.2. The minimum absolute atomic E-state index is 0.267. The van der Waals surface area contributed by atoms with Gasteiger partial charge in [0.1, 0.15) is 30.5 Å². The van der Waals surface area contributed by atoms with Crippen molar-refractivity contribution >= 4 is 16.3 Å². The lowest BCUT2D eigenvalue weighted by Gasteiger charge is -2.41. The summed E-state index contributed by atoms with van der Waals surface area (Å²) in [5.41, 5.74) is 0. The molecule has 1 aliphatic rings. The number of hydrogen-bond acceptors (Lipinski definition) is 11. The molecule has 7 N–H and O–H groups in total. The largest absolute Gasteiger partial charge is 0.397 e. The molecule has 68 heavy (non-hydrogen) atoms. The van der Waals surface area contributed by atoms with Crippen LogP contribution < -0.4 is 5.32 Å². The van der Waals surface area contributed by atoms with Gasteiger partial charge in [0.25, 0.3) is 0 Å². The molecule has 0 spiro atoms. The summed E-state index contributed by atoms with van der Waals surface area (Å²) in [6.07, 6.45) is 38.5. The molecular formula is C54H107NO12S. The van der Waals surface area contributed by atoms with Gasteiger partial charge < -0.3 is 40.3 Å². The summed E-state index contributed by atoms with van der Waals surface area (Å²) < 4.78 is 47.8. The summed E-state index contributed by atoms with van der Waals surface area (Å²) in [6.45, 7) is 3.33. The van der Waals surface area contributed by atoms with Gasteiger partial charge in [-0.25, -0.2) is 4.18 Å². The van der Waals surface area contributed by atoms with E-state index in [0.717, 1.165) is 38.5 Å². The Bertz CT molecular complexity index is 1230. The van der Waals surface area contributed by atoms with E-state index in [-0.39, 0.29) is 6.42 Å². The highest BCUT2D eigenvalue weighted by Crippen LogP contribution is 2.26. The topological polar surface area (TPSA) is 212 Å². The van der Waals surface area contributed by atoms with Gasteiger partial charge in [0, 0.05) is 0 Å². The Labute approximate surface area is 416 Å². The van der Waals surface area contributed by atoms with Crippen LogP contribution in [-0.4, -0.2) is 107 Å². The van der Waals surface area contributed by atoms with Crippen LogP contribution in [0.2, 0.25) is 0 Å². The van der Waals surface area contributed by atoms with E-state index in [1.807, 2.05) is 0 Å². The normalized spacial score (nSPS) is 20.1. The van der Waals surface area contributed by atoms with Crippen LogP contribution in [0.4, 0.5) is 0 Å². The van der Waals surface area contributed by atoms with Crippen LogP contribution in [0.1, 0.15) is 277 Å². The zero-order valence-electron chi connectivity index (χ0n) is 43.6. The summed E-state index contributed by atoms with van der Waals surface area (Å²) in [7, 11) is -5.11. The Balaban J connectivity index is 2.40. The highest BCUT2D eigenvalue weighted by molar-refractivity contribution is 7.80. The van der Waals surface area contributed by atoms with Gasteiger partial charge in [-0.15, -0.1) is 0 Å². The van der Waals surface area contributed by atoms with E-state index in [4.69, 9.17) is 9.47 Å². The van der Waals surface area contributed by atoms with Crippen LogP contribution in [0, 0.1) is 0 Å². The van der Waals surface area contributed by atoms with Crippen LogP contribution in [0.3, 0.4) is 0 Å². The van der Waals surface area contributed by atoms with Crippen LogP contribution >= 0.6 is 0 Å². The first-order chi connectivity index (χ1) is 32.9. The average molecular weight is 995 g/mol. The molecule has 14 heteroatoms. The second-order valence-corrected chi connectivity index (χ2v) is 21.4. The lowest BCUT2D eigenvalue weighted by molar-refractivity contribution is -0.298. The predicted molar refractivity (Wildman–Crippen MR) is 275 cm³/mol. The third kappa shape index (κ3) is 36.0. The van der Waals surface area contributed by atoms with E-state index in [0.29, 0.717) is 19.3 Å². The van der Waals surface area contributed by atoms with Crippen molar-refractivity contribution in [2.75, 3.05) is 13.2 Å². The van der Waals surface area contributed by atoms with E-state index in [1.165, 1.54) is 199 Å². The molecule has 406 valence electrons. The van der Waals surface area contributed by atoms with Gasteiger partial charge in [-0.2, -0.15) is 8.42 Å². The molecule has 0 radical (unpaired) electrons. The van der Waals surface area contributed by atoms with E-state index in [9.17, 15) is 43.3 Å². The monoisotopic (exact) mass is 994 g/mol. The van der Waals surface area contributed by atoms with Crippen molar-refractivity contribution in [2.45, 2.75) is 326 Å². The minimum Gasteiger partial charge on any atom is -0.394 e. The Hall–Kier alpha value is -0.940. The highest BCUT2D eigenvalue weighted by Gasteiger charge is 2.48. The first-order valence-electron chi connectivity index (χ1n) is 28.5. The maximum atomic E-state index is 13.2. The fourth-order valence-electron chi connectivity index (χ4n) is 9.53. The Kier molecular flexibility index (Phi) is 42.8. The number of carbonyl (C=O) groups is 1. The van der Waals surface area contributed by atoms with E-state index >= 15 is 0 Å². The molecule has 1 rings (SSSR count). The second kappa shape index (κ2) is 44.7. The second-order valence-electron chi connectivity index (χ2n) is 20.4. The van der Waals surface area contributed by atoms with Gasteiger partial charge in [-0.05, 0) is 12.8 Å². The molecule has 1 saturated heterocycles. The fourth-order valence-corrected chi connectivity index (χ4v) is 10.0. The molecule has 1 heterocycles. The van der Waals surface area contributed by atoms with Gasteiger partial charge in [0.15, 0.2) is 6.29 Å². The third-order valence-electron chi connectivity index (χ3n) is 14.0. The number of nitrogens with one attached hydrogen (secondary N) is 1. The zero-order valence-corrected chi connectivity index (χ0v) is 44.4. The van der Waals surface area contributed by atoms with Crippen LogP contribution in [-0.2, 0) is 28.9 Å². The lowest BCUT2D eigenvalue weighted by atomic mass is 9.99. The predicted octanol–water partition coefficient (Wildman–Crippen LogP) is 11.9. The van der Waals surface area contributed by atoms with Crippen molar-refractivity contribution in [1.82, 2.24) is 5.32 Å². The first-order valence-corrected chi connectivity index (χ1v) is 29.9. The van der Waals surface area contributed by atoms with E-state index in [1.54, 1.807) is 0 Å². The fraction of sp³-hybridized carbons (Fsp3) is 0.981. The molecular weight excluding hydrogens is 887 g/mol. The third-order valence-corrected chi connectivity index (χ3v) is 14.5. The van der Waals surface area contributed by atoms with Gasteiger partial charge >= 0.3 is 10.4 Å². The van der Waals surface area contributed by atoms with Crippen molar-refractivity contribution in [3.8, 4) is 0 Å². The maximum Gasteiger partial charge on any atom is 0.397 e. The molecule has 0 aromatic rings. The standard InChI is InChI=1S/C54H107NO12S/c1-3-5-7-9-11-13-15-17-19-21-22-23-24-25-27-29-31-33-35-37-39-41-43-48(58)53(61)55-46(45-65-54-51(60)52(67-68(62,63)64)50(59)49(44-56)66-54)47(57)42-40-38-36-34-32-30-28-26-20-18-16-14-12-10-8-6-4-2/h46-52,54,56-60H,3-45H2,1-2H3,(H,55,61)(H,62,63,64). The number of hydrogen-bond donors (Lipinski definition) is 7. The molecule has 13 nitrogen and oxygen atoms in total. The number of ether oxygens (including phenoxy) is 2. The number of aliphatic hydroxyl groups excluding tert-OH is 5. The number of aliphatic hydroxyl groups is 5. The molecule has 8 unspecified atom stereocenters. The summed E-state index contributed by atoms with van der Waals surface area (Å²) >= 11 is 0. The summed E-state index contributed by atoms with van der Waals surface area (Å²) in [5.74, 6) is -0.662. The van der Waals surface area contributed by atoms with E-state index < -0.39 is 78.5 Å². The highest BCUT2D eigenvalue weighted by atomic mass is 32.3. The number of rotatable bonds is 50. The molecule has 0 aliphatic carbocycles. The average Bonchev–Trinajstić information content (AvgIpc) is 3.31. The van der Waals surface area contributed by atoms with Crippen molar-refractivity contribution in [3.05, 3.63) is 0 Å². The number of carbonyl (C=O) groups excluding carboxylic acids is 1. The van der Waals surface area contributed by atoms with Gasteiger partial charge in [-0.1, -0.05) is 264 Å². The van der Waals surface area contributed by atoms with Gasteiger partial charge in [0.05, 0.1) is 25.4 Å². The van der Waals surface area contributed by atoms with Crippen molar-refractivity contribution < 1.29 is 57.0 Å². The molecule has 0 aromatic heterocycles. The van der Waals surface area contributed by atoms with E-state index in [2.05, 4.69) is 23.3 Å². The SMILES string of the molecule is CCCCCCCCCCCCCCCCCCCCCCCCC(O)C(=O)NC(COC1OC(CO)C(O)C(OS(=O)(=O)O)C1O)C(O)CCCCCCCCCCCCCCCCCCC.